The molecule has 0 atom stereocenters. The third-order valence-electron chi connectivity index (χ3n) is 4.55. The Morgan fingerprint density at radius 1 is 1.07 bits per heavy atom. The zero-order valence-electron chi connectivity index (χ0n) is 15.6. The van der Waals surface area contributed by atoms with Crippen molar-refractivity contribution in [3.63, 3.8) is 0 Å². The van der Waals surface area contributed by atoms with Gasteiger partial charge >= 0.3 is 11.9 Å². The van der Waals surface area contributed by atoms with E-state index in [9.17, 15) is 22.8 Å². The topological polar surface area (TPSA) is 61.8 Å². The van der Waals surface area contributed by atoms with Crippen LogP contribution in [0.3, 0.4) is 0 Å². The summed E-state index contributed by atoms with van der Waals surface area (Å²) in [5.74, 6) is 0.361. The smallest absolute Gasteiger partial charge is 0.322 e. The molecule has 2 heterocycles. The highest BCUT2D eigenvalue weighted by atomic mass is 19.4. The van der Waals surface area contributed by atoms with E-state index >= 15 is 0 Å². The highest BCUT2D eigenvalue weighted by Gasteiger charge is 2.30. The summed E-state index contributed by atoms with van der Waals surface area (Å²) in [6.07, 6.45) is -1.41. The van der Waals surface area contributed by atoms with Crippen LogP contribution in [0, 0.1) is 0 Å². The maximum absolute atomic E-state index is 12.9. The fourth-order valence-corrected chi connectivity index (χ4v) is 3.08. The first-order chi connectivity index (χ1) is 13.2. The lowest BCUT2D eigenvalue weighted by Gasteiger charge is -2.08. The number of benzene rings is 1. The third-order valence-corrected chi connectivity index (χ3v) is 4.55. The van der Waals surface area contributed by atoms with Crippen molar-refractivity contribution < 1.29 is 13.2 Å². The van der Waals surface area contributed by atoms with Crippen LogP contribution in [-0.2, 0) is 26.3 Å². The first-order valence-electron chi connectivity index (χ1n) is 8.74. The van der Waals surface area contributed by atoms with Crippen molar-refractivity contribution in [1.82, 2.24) is 18.7 Å². The molecule has 0 amide bonds. The van der Waals surface area contributed by atoms with E-state index in [1.54, 1.807) is 31.5 Å². The van der Waals surface area contributed by atoms with Crippen molar-refractivity contribution in [2.24, 2.45) is 7.05 Å². The van der Waals surface area contributed by atoms with Crippen LogP contribution in [0.1, 0.15) is 30.8 Å². The van der Waals surface area contributed by atoms with Crippen molar-refractivity contribution in [3.8, 4) is 0 Å². The molecule has 6 nitrogen and oxygen atoms in total. The molecule has 0 aliphatic heterocycles. The van der Waals surface area contributed by atoms with Gasteiger partial charge in [0.05, 0.1) is 5.56 Å². The lowest BCUT2D eigenvalue weighted by Crippen LogP contribution is -2.39. The zero-order chi connectivity index (χ0) is 20.6. The van der Waals surface area contributed by atoms with Crippen LogP contribution in [0.15, 0.2) is 33.9 Å². The van der Waals surface area contributed by atoms with E-state index in [-0.39, 0.29) is 17.7 Å². The van der Waals surface area contributed by atoms with E-state index < -0.39 is 23.0 Å². The number of imidazole rings is 1. The summed E-state index contributed by atoms with van der Waals surface area (Å²) in [5.41, 5.74) is -0.749. The SMILES string of the molecule is CCn1c(=O)c2c(nc(/C=C/c3cccc(C(F)(F)F)c3)n2C)n(CC)c1=O. The molecular weight excluding hydrogens is 373 g/mol. The molecule has 0 bridgehead atoms. The number of nitrogens with zero attached hydrogens (tertiary/aromatic N) is 4. The fraction of sp³-hybridized carbons (Fsp3) is 0.316. The predicted molar refractivity (Wildman–Crippen MR) is 101 cm³/mol. The summed E-state index contributed by atoms with van der Waals surface area (Å²) in [4.78, 5) is 29.5. The lowest BCUT2D eigenvalue weighted by atomic mass is 10.1. The molecule has 0 saturated heterocycles. The summed E-state index contributed by atoms with van der Waals surface area (Å²) < 4.78 is 42.7. The zero-order valence-corrected chi connectivity index (χ0v) is 15.6. The minimum atomic E-state index is -4.43. The van der Waals surface area contributed by atoms with Gasteiger partial charge in [-0.15, -0.1) is 0 Å². The molecule has 3 aromatic rings. The van der Waals surface area contributed by atoms with Gasteiger partial charge in [-0.1, -0.05) is 18.2 Å². The maximum Gasteiger partial charge on any atom is 0.416 e. The number of hydrogen-bond acceptors (Lipinski definition) is 3. The molecule has 0 aliphatic carbocycles. The largest absolute Gasteiger partial charge is 0.416 e. The van der Waals surface area contributed by atoms with Crippen molar-refractivity contribution in [3.05, 3.63) is 62.1 Å². The Labute approximate surface area is 158 Å². The van der Waals surface area contributed by atoms with Crippen LogP contribution in [0.4, 0.5) is 13.2 Å². The van der Waals surface area contributed by atoms with Crippen LogP contribution in [0.25, 0.3) is 23.3 Å². The molecule has 0 aliphatic rings. The summed E-state index contributed by atoms with van der Waals surface area (Å²) in [5, 5.41) is 0. The summed E-state index contributed by atoms with van der Waals surface area (Å²) in [7, 11) is 1.63. The molecule has 0 unspecified atom stereocenters. The molecule has 3 rings (SSSR count). The van der Waals surface area contributed by atoms with Crippen molar-refractivity contribution in [2.75, 3.05) is 0 Å². The standard InChI is InChI=1S/C19H19F3N4O2/c1-4-25-16-15(17(27)26(5-2)18(25)28)24(3)14(23-16)10-9-12-7-6-8-13(11-12)19(20,21)22/h6-11H,4-5H2,1-3H3/b10-9+. The Hall–Kier alpha value is -3.10. The number of rotatable bonds is 4. The molecule has 148 valence electrons. The van der Waals surface area contributed by atoms with E-state index in [2.05, 4.69) is 4.98 Å². The van der Waals surface area contributed by atoms with Crippen molar-refractivity contribution >= 4 is 23.3 Å². The highest BCUT2D eigenvalue weighted by molar-refractivity contribution is 5.76. The molecule has 9 heteroatoms. The predicted octanol–water partition coefficient (Wildman–Crippen LogP) is 3.13. The van der Waals surface area contributed by atoms with Crippen molar-refractivity contribution in [2.45, 2.75) is 33.1 Å². The highest BCUT2D eigenvalue weighted by Crippen LogP contribution is 2.29. The molecule has 0 N–H and O–H groups in total. The van der Waals surface area contributed by atoms with E-state index in [0.29, 0.717) is 17.9 Å². The second-order valence-corrected chi connectivity index (χ2v) is 6.23. The Bertz CT molecular complexity index is 1180. The van der Waals surface area contributed by atoms with Crippen molar-refractivity contribution in [1.29, 1.82) is 0 Å². The Balaban J connectivity index is 2.14. The normalized spacial score (nSPS) is 12.4. The van der Waals surface area contributed by atoms with Gasteiger partial charge in [0, 0.05) is 20.1 Å². The van der Waals surface area contributed by atoms with Crippen LogP contribution in [0.2, 0.25) is 0 Å². The number of hydrogen-bond donors (Lipinski definition) is 0. The molecule has 0 saturated carbocycles. The summed E-state index contributed by atoms with van der Waals surface area (Å²) in [6, 6.07) is 4.90. The first-order valence-corrected chi connectivity index (χ1v) is 8.74. The molecular formula is C19H19F3N4O2. The molecule has 1 aromatic carbocycles. The van der Waals surface area contributed by atoms with Crippen LogP contribution >= 0.6 is 0 Å². The fourth-order valence-electron chi connectivity index (χ4n) is 3.08. The van der Waals surface area contributed by atoms with Gasteiger partial charge in [-0.3, -0.25) is 13.9 Å². The van der Waals surface area contributed by atoms with Gasteiger partial charge < -0.3 is 4.57 Å². The second-order valence-electron chi connectivity index (χ2n) is 6.23. The molecule has 28 heavy (non-hydrogen) atoms. The third kappa shape index (κ3) is 3.28. The molecule has 0 radical (unpaired) electrons. The van der Waals surface area contributed by atoms with Crippen LogP contribution in [-0.4, -0.2) is 18.7 Å². The summed E-state index contributed by atoms with van der Waals surface area (Å²) >= 11 is 0. The monoisotopic (exact) mass is 392 g/mol. The van der Waals surface area contributed by atoms with Gasteiger partial charge in [-0.25, -0.2) is 9.78 Å². The molecule has 0 fully saturated rings. The Kier molecular flexibility index (Phi) is 5.01. The van der Waals surface area contributed by atoms with E-state index in [1.807, 2.05) is 0 Å². The Morgan fingerprint density at radius 3 is 2.36 bits per heavy atom. The van der Waals surface area contributed by atoms with Crippen LogP contribution < -0.4 is 11.2 Å². The quantitative estimate of drug-likeness (QED) is 0.685. The van der Waals surface area contributed by atoms with E-state index in [1.165, 1.54) is 22.8 Å². The van der Waals surface area contributed by atoms with Gasteiger partial charge in [0.1, 0.15) is 5.82 Å². The van der Waals surface area contributed by atoms with E-state index in [0.717, 1.165) is 16.7 Å². The van der Waals surface area contributed by atoms with E-state index in [4.69, 9.17) is 0 Å². The molecule has 2 aromatic heterocycles. The number of halogens is 3. The van der Waals surface area contributed by atoms with Crippen LogP contribution in [0.5, 0.6) is 0 Å². The molecule has 0 spiro atoms. The van der Waals surface area contributed by atoms with Gasteiger partial charge in [0.25, 0.3) is 5.56 Å². The number of fused-ring (bicyclic) bond motifs is 1. The van der Waals surface area contributed by atoms with Gasteiger partial charge in [0.15, 0.2) is 11.2 Å². The van der Waals surface area contributed by atoms with Gasteiger partial charge in [-0.05, 0) is 37.6 Å². The Morgan fingerprint density at radius 2 is 1.75 bits per heavy atom. The second kappa shape index (κ2) is 7.14. The van der Waals surface area contributed by atoms with Gasteiger partial charge in [0.2, 0.25) is 0 Å². The number of aromatic nitrogens is 4. The first kappa shape index (κ1) is 19.7. The minimum Gasteiger partial charge on any atom is -0.322 e. The number of aryl methyl sites for hydroxylation is 2. The summed E-state index contributed by atoms with van der Waals surface area (Å²) in [6.45, 7) is 4.05. The maximum atomic E-state index is 12.9. The minimum absolute atomic E-state index is 0.230. The van der Waals surface area contributed by atoms with Gasteiger partial charge in [-0.2, -0.15) is 13.2 Å². The average molecular weight is 392 g/mol. The lowest BCUT2D eigenvalue weighted by molar-refractivity contribution is -0.137. The number of alkyl halides is 3. The average Bonchev–Trinajstić information content (AvgIpc) is 2.97.